The molecule has 0 saturated carbocycles. The van der Waals surface area contributed by atoms with Crippen LogP contribution in [0, 0.1) is 5.41 Å². The first-order valence-corrected chi connectivity index (χ1v) is 19.5. The molecule has 3 N–H and O–H groups in total. The molecule has 0 amide bonds. The Morgan fingerprint density at radius 3 is 2.00 bits per heavy atom. The largest absolute Gasteiger partial charge is 0.381 e. The fourth-order valence-electron chi connectivity index (χ4n) is 7.60. The number of nitrogens with one attached hydrogen (secondary N) is 3. The smallest absolute Gasteiger partial charge is 0.145 e. The summed E-state index contributed by atoms with van der Waals surface area (Å²) < 4.78 is 0. The molecular weight excluding hydrogens is 707 g/mol. The average molecular weight is 748 g/mol. The van der Waals surface area contributed by atoms with Crippen molar-refractivity contribution in [2.45, 2.75) is 12.2 Å². The minimum Gasteiger partial charge on any atom is -0.381 e. The molecule has 58 heavy (non-hydrogen) atoms. The number of hydrogen-bond acceptors (Lipinski definition) is 5. The second-order valence-corrected chi connectivity index (χ2v) is 14.5. The van der Waals surface area contributed by atoms with Gasteiger partial charge in [-0.05, 0) is 117 Å². The summed E-state index contributed by atoms with van der Waals surface area (Å²) in [5.74, 6) is 0. The molecule has 0 saturated heterocycles. The number of aliphatic imine (C=N–C) groups is 2. The van der Waals surface area contributed by atoms with Crippen LogP contribution in [0.5, 0.6) is 0 Å². The van der Waals surface area contributed by atoms with E-state index in [2.05, 4.69) is 162 Å². The zero-order chi connectivity index (χ0) is 39.3. The van der Waals surface area contributed by atoms with Crippen LogP contribution >= 0.6 is 0 Å². The van der Waals surface area contributed by atoms with E-state index in [1.807, 2.05) is 60.8 Å². The van der Waals surface area contributed by atoms with Gasteiger partial charge in [0.25, 0.3) is 0 Å². The van der Waals surface area contributed by atoms with Crippen LogP contribution < -0.4 is 10.6 Å². The highest BCUT2D eigenvalue weighted by atomic mass is 15.1. The summed E-state index contributed by atoms with van der Waals surface area (Å²) >= 11 is 0. The van der Waals surface area contributed by atoms with E-state index in [1.54, 1.807) is 6.08 Å². The summed E-state index contributed by atoms with van der Waals surface area (Å²) in [6.07, 6.45) is 11.9. The molecule has 7 aromatic carbocycles. The van der Waals surface area contributed by atoms with E-state index in [9.17, 15) is 0 Å². The number of nitrogens with zero attached hydrogens (tertiary/aromatic N) is 2. The predicted octanol–water partition coefficient (Wildman–Crippen LogP) is 12.1. The highest BCUT2D eigenvalue weighted by Crippen LogP contribution is 2.34. The third-order valence-corrected chi connectivity index (χ3v) is 10.6. The second-order valence-electron chi connectivity index (χ2n) is 14.5. The summed E-state index contributed by atoms with van der Waals surface area (Å²) in [4.78, 5) is 9.57. The van der Waals surface area contributed by atoms with E-state index in [0.29, 0.717) is 11.4 Å². The molecule has 0 spiro atoms. The summed E-state index contributed by atoms with van der Waals surface area (Å²) in [6.45, 7) is 3.78. The van der Waals surface area contributed by atoms with E-state index in [1.165, 1.54) is 10.8 Å². The van der Waals surface area contributed by atoms with E-state index < -0.39 is 0 Å². The first kappa shape index (κ1) is 36.0. The molecule has 2 atom stereocenters. The van der Waals surface area contributed by atoms with Crippen molar-refractivity contribution >= 4 is 40.3 Å². The predicted molar refractivity (Wildman–Crippen MR) is 243 cm³/mol. The number of allylic oxidation sites excluding steroid dienone is 4. The van der Waals surface area contributed by atoms with Gasteiger partial charge in [0.1, 0.15) is 6.17 Å². The molecule has 0 aromatic heterocycles. The Morgan fingerprint density at radius 1 is 0.586 bits per heavy atom. The molecule has 7 aromatic rings. The highest BCUT2D eigenvalue weighted by Gasteiger charge is 2.21. The first-order chi connectivity index (χ1) is 28.6. The van der Waals surface area contributed by atoms with Crippen LogP contribution in [-0.4, -0.2) is 18.1 Å². The first-order valence-electron chi connectivity index (χ1n) is 19.5. The second kappa shape index (κ2) is 16.2. The Kier molecular flexibility index (Phi) is 10.1. The Labute approximate surface area is 339 Å². The Hall–Kier alpha value is -7.63. The number of rotatable bonds is 10. The molecule has 5 heteroatoms. The third kappa shape index (κ3) is 7.75. The van der Waals surface area contributed by atoms with Gasteiger partial charge in [0.15, 0.2) is 0 Å². The Balaban J connectivity index is 1.11. The zero-order valence-corrected chi connectivity index (χ0v) is 31.9. The SMILES string of the molecule is C=N/C(=C\C(=N)c1cccc(-c2cc(-c3cccc(C4=NC(c5ccc6ccccc6c5)NC(c5ccccc5)=C4)c3)cc(C3C=CC=CN3)c2)c1)c1ccccc1. The normalized spacial score (nSPS) is 16.2. The number of benzene rings is 7. The van der Waals surface area contributed by atoms with Crippen molar-refractivity contribution in [1.82, 2.24) is 10.6 Å². The van der Waals surface area contributed by atoms with Crippen molar-refractivity contribution in [3.63, 3.8) is 0 Å². The standard InChI is InChI=1S/C53H41N5/c1-55-50(37-15-4-2-5-16-37)34-48(54)42-22-12-20-40(28-42)45-31-46(33-47(32-45)49-24-10-11-27-56-49)41-21-13-23-43(29-41)52-35-51(38-17-6-3-7-18-38)57-53(58-52)44-26-25-36-14-8-9-19-39(36)30-44/h2-35,49,53-54,56-57H,1H2/b50-34-,54-48?. The lowest BCUT2D eigenvalue weighted by atomic mass is 9.91. The van der Waals surface area contributed by atoms with Gasteiger partial charge in [0.05, 0.1) is 23.2 Å². The van der Waals surface area contributed by atoms with Crippen LogP contribution in [0.15, 0.2) is 216 Å². The molecule has 278 valence electrons. The lowest BCUT2D eigenvalue weighted by molar-refractivity contribution is 0.665. The van der Waals surface area contributed by atoms with Crippen molar-refractivity contribution in [2.75, 3.05) is 0 Å². The topological polar surface area (TPSA) is 72.6 Å². The minimum atomic E-state index is -0.262. The number of dihydropyridines is 1. The van der Waals surface area contributed by atoms with Gasteiger partial charge in [0, 0.05) is 22.4 Å². The van der Waals surface area contributed by atoms with Crippen LogP contribution in [0.2, 0.25) is 0 Å². The molecule has 0 fully saturated rings. The molecule has 0 bridgehead atoms. The average Bonchev–Trinajstić information content (AvgIpc) is 3.31. The molecule has 2 unspecified atom stereocenters. The molecule has 2 aliphatic heterocycles. The molecule has 2 aliphatic rings. The molecule has 0 aliphatic carbocycles. The Morgan fingerprint density at radius 2 is 1.24 bits per heavy atom. The van der Waals surface area contributed by atoms with E-state index >= 15 is 0 Å². The third-order valence-electron chi connectivity index (χ3n) is 10.6. The molecule has 5 nitrogen and oxygen atoms in total. The maximum Gasteiger partial charge on any atom is 0.145 e. The minimum absolute atomic E-state index is 0.0104. The lowest BCUT2D eigenvalue weighted by Gasteiger charge is -2.25. The fourth-order valence-corrected chi connectivity index (χ4v) is 7.60. The molecular formula is C53H41N5. The quantitative estimate of drug-likeness (QED) is 0.122. The van der Waals surface area contributed by atoms with Crippen LogP contribution in [0.3, 0.4) is 0 Å². The maximum absolute atomic E-state index is 9.03. The van der Waals surface area contributed by atoms with Crippen molar-refractivity contribution in [3.05, 3.63) is 240 Å². The van der Waals surface area contributed by atoms with Crippen LogP contribution in [0.4, 0.5) is 0 Å². The summed E-state index contributed by atoms with van der Waals surface area (Å²) in [6, 6.07) is 59.0. The van der Waals surface area contributed by atoms with Gasteiger partial charge in [-0.3, -0.25) is 9.98 Å². The summed E-state index contributed by atoms with van der Waals surface area (Å²) in [5.41, 5.74) is 13.4. The zero-order valence-electron chi connectivity index (χ0n) is 31.9. The fraction of sp³-hybridized carbons (Fsp3) is 0.0377. The van der Waals surface area contributed by atoms with Gasteiger partial charge >= 0.3 is 0 Å². The van der Waals surface area contributed by atoms with Gasteiger partial charge < -0.3 is 16.0 Å². The molecule has 9 rings (SSSR count). The summed E-state index contributed by atoms with van der Waals surface area (Å²) in [5, 5.41) is 18.7. The van der Waals surface area contributed by atoms with Gasteiger partial charge in [0.2, 0.25) is 0 Å². The van der Waals surface area contributed by atoms with Gasteiger partial charge in [-0.2, -0.15) is 0 Å². The van der Waals surface area contributed by atoms with E-state index in [-0.39, 0.29) is 12.2 Å². The van der Waals surface area contributed by atoms with Crippen LogP contribution in [0.25, 0.3) is 44.4 Å². The van der Waals surface area contributed by atoms with E-state index in [4.69, 9.17) is 10.4 Å². The maximum atomic E-state index is 9.03. The number of hydrogen-bond donors (Lipinski definition) is 3. The van der Waals surface area contributed by atoms with Crippen molar-refractivity contribution in [2.24, 2.45) is 9.98 Å². The van der Waals surface area contributed by atoms with E-state index in [0.717, 1.165) is 67.0 Å². The van der Waals surface area contributed by atoms with Crippen molar-refractivity contribution in [1.29, 1.82) is 5.41 Å². The van der Waals surface area contributed by atoms with Crippen LogP contribution in [-0.2, 0) is 0 Å². The molecule has 2 heterocycles. The number of fused-ring (bicyclic) bond motifs is 1. The van der Waals surface area contributed by atoms with Crippen LogP contribution in [0.1, 0.15) is 45.6 Å². The van der Waals surface area contributed by atoms with Gasteiger partial charge in [-0.15, -0.1) is 0 Å². The Bertz CT molecular complexity index is 2830. The summed E-state index contributed by atoms with van der Waals surface area (Å²) in [7, 11) is 0. The monoisotopic (exact) mass is 747 g/mol. The van der Waals surface area contributed by atoms with Crippen molar-refractivity contribution < 1.29 is 0 Å². The lowest BCUT2D eigenvalue weighted by Crippen LogP contribution is -2.24. The van der Waals surface area contributed by atoms with Gasteiger partial charge in [-0.25, -0.2) is 0 Å². The van der Waals surface area contributed by atoms with Crippen molar-refractivity contribution in [3.8, 4) is 22.3 Å². The molecule has 0 radical (unpaired) electrons. The highest BCUT2D eigenvalue weighted by molar-refractivity contribution is 6.13. The van der Waals surface area contributed by atoms with Gasteiger partial charge in [-0.1, -0.05) is 146 Å².